The molecule has 2 aromatic carbocycles. The molecule has 0 spiro atoms. The second kappa shape index (κ2) is 9.69. The van der Waals surface area contributed by atoms with Gasteiger partial charge in [0.15, 0.2) is 6.61 Å². The Morgan fingerprint density at radius 3 is 2.23 bits per heavy atom. The fraction of sp³-hybridized carbons (Fsp3) is 0.500. The van der Waals surface area contributed by atoms with E-state index in [1.54, 1.807) is 6.07 Å². The lowest BCUT2D eigenvalue weighted by Gasteiger charge is -2.34. The van der Waals surface area contributed by atoms with Crippen molar-refractivity contribution in [2.75, 3.05) is 32.8 Å². The zero-order chi connectivity index (χ0) is 20.9. The molecule has 0 N–H and O–H groups in total. The van der Waals surface area contributed by atoms with Crippen LogP contribution in [0.25, 0.3) is 10.8 Å². The second-order valence-corrected chi connectivity index (χ2v) is 8.68. The van der Waals surface area contributed by atoms with E-state index in [1.807, 2.05) is 40.1 Å². The number of nitrogens with zero attached hydrogens (tertiary/aromatic N) is 2. The van der Waals surface area contributed by atoms with Gasteiger partial charge >= 0.3 is 0 Å². The average molecular weight is 429 g/mol. The molecular weight excluding hydrogens is 400 g/mol. The van der Waals surface area contributed by atoms with Gasteiger partial charge in [0, 0.05) is 47.9 Å². The van der Waals surface area contributed by atoms with E-state index in [-0.39, 0.29) is 24.3 Å². The van der Waals surface area contributed by atoms with Crippen molar-refractivity contribution in [3.8, 4) is 5.75 Å². The third kappa shape index (κ3) is 4.72. The van der Waals surface area contributed by atoms with Gasteiger partial charge in [0.2, 0.25) is 5.91 Å². The number of piperidine rings is 1. The van der Waals surface area contributed by atoms with Crippen LogP contribution in [0, 0.1) is 5.92 Å². The summed E-state index contributed by atoms with van der Waals surface area (Å²) in [6.07, 6.45) is 6.15. The maximum Gasteiger partial charge on any atom is 0.260 e. The van der Waals surface area contributed by atoms with Gasteiger partial charge < -0.3 is 14.5 Å². The molecule has 30 heavy (non-hydrogen) atoms. The number of halogens is 1. The number of benzene rings is 2. The lowest BCUT2D eigenvalue weighted by Crippen LogP contribution is -2.45. The zero-order valence-corrected chi connectivity index (χ0v) is 18.1. The highest BCUT2D eigenvalue weighted by molar-refractivity contribution is 6.35. The van der Waals surface area contributed by atoms with Crippen LogP contribution in [0.2, 0.25) is 5.02 Å². The van der Waals surface area contributed by atoms with E-state index in [4.69, 9.17) is 16.3 Å². The summed E-state index contributed by atoms with van der Waals surface area (Å²) in [4.78, 5) is 29.4. The maximum atomic E-state index is 12.8. The average Bonchev–Trinajstić information content (AvgIpc) is 3.08. The third-order valence-corrected chi connectivity index (χ3v) is 6.63. The van der Waals surface area contributed by atoms with Crippen LogP contribution in [0.15, 0.2) is 36.4 Å². The molecule has 160 valence electrons. The van der Waals surface area contributed by atoms with Gasteiger partial charge in [-0.25, -0.2) is 0 Å². The van der Waals surface area contributed by atoms with Crippen LogP contribution in [0.1, 0.15) is 38.5 Å². The summed E-state index contributed by atoms with van der Waals surface area (Å²) < 4.78 is 5.85. The number of ether oxygens (including phenoxy) is 1. The molecular formula is C24H29ClN2O3. The smallest absolute Gasteiger partial charge is 0.260 e. The Labute approximate surface area is 182 Å². The van der Waals surface area contributed by atoms with E-state index >= 15 is 0 Å². The normalized spacial score (nSPS) is 18.3. The largest absolute Gasteiger partial charge is 0.483 e. The molecule has 0 radical (unpaired) electrons. The van der Waals surface area contributed by atoms with Gasteiger partial charge in [-0.05, 0) is 37.8 Å². The van der Waals surface area contributed by atoms with E-state index in [1.165, 1.54) is 12.8 Å². The molecule has 6 heteroatoms. The monoisotopic (exact) mass is 428 g/mol. The van der Waals surface area contributed by atoms with Gasteiger partial charge in [-0.15, -0.1) is 0 Å². The summed E-state index contributed by atoms with van der Waals surface area (Å²) in [6, 6.07) is 11.4. The van der Waals surface area contributed by atoms with Crippen molar-refractivity contribution in [1.82, 2.24) is 9.80 Å². The summed E-state index contributed by atoms with van der Waals surface area (Å²) in [5, 5.41) is 2.48. The molecule has 0 unspecified atom stereocenters. The molecule has 5 nitrogen and oxygen atoms in total. The maximum absolute atomic E-state index is 12.8. The molecule has 2 heterocycles. The van der Waals surface area contributed by atoms with Crippen molar-refractivity contribution in [3.63, 3.8) is 0 Å². The van der Waals surface area contributed by atoms with Crippen molar-refractivity contribution >= 4 is 34.2 Å². The summed E-state index contributed by atoms with van der Waals surface area (Å²) in [5.74, 6) is 0.963. The van der Waals surface area contributed by atoms with Crippen LogP contribution < -0.4 is 4.74 Å². The van der Waals surface area contributed by atoms with Gasteiger partial charge in [-0.2, -0.15) is 0 Å². The number of amides is 2. The minimum atomic E-state index is -0.0327. The molecule has 2 aliphatic heterocycles. The molecule has 2 amide bonds. The van der Waals surface area contributed by atoms with Gasteiger partial charge in [0.05, 0.1) is 0 Å². The molecule has 2 saturated heterocycles. The molecule has 2 aliphatic rings. The molecule has 4 rings (SSSR count). The molecule has 0 atom stereocenters. The van der Waals surface area contributed by atoms with Gasteiger partial charge in [-0.1, -0.05) is 48.7 Å². The Morgan fingerprint density at radius 2 is 1.53 bits per heavy atom. The number of likely N-dealkylation sites (tertiary alicyclic amines) is 2. The van der Waals surface area contributed by atoms with Crippen molar-refractivity contribution in [1.29, 1.82) is 0 Å². The van der Waals surface area contributed by atoms with Crippen LogP contribution >= 0.6 is 11.6 Å². The molecule has 0 aliphatic carbocycles. The fourth-order valence-electron chi connectivity index (χ4n) is 4.52. The third-order valence-electron chi connectivity index (χ3n) is 6.30. The van der Waals surface area contributed by atoms with Crippen LogP contribution in [0.5, 0.6) is 5.75 Å². The topological polar surface area (TPSA) is 49.9 Å². The number of carbonyl (C=O) groups is 2. The quantitative estimate of drug-likeness (QED) is 0.719. The minimum Gasteiger partial charge on any atom is -0.483 e. The first-order valence-corrected chi connectivity index (χ1v) is 11.4. The number of hydrogen-bond donors (Lipinski definition) is 0. The highest BCUT2D eigenvalue weighted by Crippen LogP contribution is 2.31. The van der Waals surface area contributed by atoms with E-state index in [0.717, 1.165) is 49.5 Å². The summed E-state index contributed by atoms with van der Waals surface area (Å²) >= 11 is 6.26. The number of carbonyl (C=O) groups excluding carboxylic acids is 2. The van der Waals surface area contributed by atoms with Crippen molar-refractivity contribution in [2.45, 2.75) is 38.5 Å². The van der Waals surface area contributed by atoms with Gasteiger partial charge in [0.1, 0.15) is 5.75 Å². The Morgan fingerprint density at radius 1 is 0.867 bits per heavy atom. The Kier molecular flexibility index (Phi) is 6.78. The highest BCUT2D eigenvalue weighted by Gasteiger charge is 2.30. The predicted molar refractivity (Wildman–Crippen MR) is 119 cm³/mol. The summed E-state index contributed by atoms with van der Waals surface area (Å²) in [5.41, 5.74) is 0. The van der Waals surface area contributed by atoms with Gasteiger partial charge in [0.25, 0.3) is 5.91 Å². The zero-order valence-electron chi connectivity index (χ0n) is 17.3. The highest BCUT2D eigenvalue weighted by atomic mass is 35.5. The number of hydrogen-bond acceptors (Lipinski definition) is 3. The lowest BCUT2D eigenvalue weighted by atomic mass is 9.95. The number of fused-ring (bicyclic) bond motifs is 1. The van der Waals surface area contributed by atoms with Crippen LogP contribution in [0.4, 0.5) is 0 Å². The van der Waals surface area contributed by atoms with Crippen LogP contribution in [-0.2, 0) is 9.59 Å². The lowest BCUT2D eigenvalue weighted by molar-refractivity contribution is -0.141. The van der Waals surface area contributed by atoms with Gasteiger partial charge in [-0.3, -0.25) is 9.59 Å². The molecule has 0 saturated carbocycles. The first-order chi connectivity index (χ1) is 14.6. The molecule has 2 aromatic rings. The summed E-state index contributed by atoms with van der Waals surface area (Å²) in [6.45, 7) is 3.01. The molecule has 0 aromatic heterocycles. The van der Waals surface area contributed by atoms with E-state index in [2.05, 4.69) is 0 Å². The van der Waals surface area contributed by atoms with Crippen molar-refractivity contribution in [2.24, 2.45) is 5.92 Å². The molecule has 0 bridgehead atoms. The Bertz CT molecular complexity index is 900. The van der Waals surface area contributed by atoms with Crippen molar-refractivity contribution in [3.05, 3.63) is 41.4 Å². The van der Waals surface area contributed by atoms with Crippen molar-refractivity contribution < 1.29 is 14.3 Å². The van der Waals surface area contributed by atoms with E-state index in [0.29, 0.717) is 23.9 Å². The number of rotatable bonds is 4. The predicted octanol–water partition coefficient (Wildman–Crippen LogP) is 4.51. The summed E-state index contributed by atoms with van der Waals surface area (Å²) in [7, 11) is 0. The Hall–Kier alpha value is -2.27. The standard InChI is InChI=1S/C24H29ClN2O3/c25-21-9-10-22(20-8-4-3-7-19(20)21)30-17-23(28)26-15-11-18(12-16-26)24(29)27-13-5-1-2-6-14-27/h3-4,7-10,18H,1-2,5-6,11-17H2. The first kappa shape index (κ1) is 21.0. The van der Waals surface area contributed by atoms with Crippen LogP contribution in [0.3, 0.4) is 0 Å². The minimum absolute atomic E-state index is 0.00361. The SMILES string of the molecule is O=C(COc1ccc(Cl)c2ccccc12)N1CCC(C(=O)N2CCCCCC2)CC1. The van der Waals surface area contributed by atoms with E-state index in [9.17, 15) is 9.59 Å². The fourth-order valence-corrected chi connectivity index (χ4v) is 4.74. The van der Waals surface area contributed by atoms with Crippen LogP contribution in [-0.4, -0.2) is 54.4 Å². The second-order valence-electron chi connectivity index (χ2n) is 8.27. The Balaban J connectivity index is 1.30. The molecule has 2 fully saturated rings. The van der Waals surface area contributed by atoms with E-state index < -0.39 is 0 Å². The first-order valence-electron chi connectivity index (χ1n) is 11.0.